The average Bonchev–Trinajstić information content (AvgIpc) is 2.44. The Bertz CT molecular complexity index is 462. The van der Waals surface area contributed by atoms with Crippen molar-refractivity contribution in [3.8, 4) is 0 Å². The van der Waals surface area contributed by atoms with Gasteiger partial charge in [0.2, 0.25) is 0 Å². The molecule has 0 atom stereocenters. The van der Waals surface area contributed by atoms with Crippen LogP contribution < -0.4 is 5.32 Å². The Morgan fingerprint density at radius 3 is 2.10 bits per heavy atom. The second kappa shape index (κ2) is 7.17. The van der Waals surface area contributed by atoms with E-state index in [1.54, 1.807) is 0 Å². The molecular weight excluding hydrogens is 303 g/mol. The number of carbonyl (C=O) groups excluding carboxylic acids is 1. The molecule has 7 heteroatoms. The van der Waals surface area contributed by atoms with Crippen LogP contribution in [0.2, 0.25) is 0 Å². The van der Waals surface area contributed by atoms with Gasteiger partial charge in [0.05, 0.1) is 12.1 Å². The van der Waals surface area contributed by atoms with Gasteiger partial charge < -0.3 is 10.4 Å². The third-order valence-corrected chi connectivity index (χ3v) is 4.12. The molecule has 118 valence electrons. The molecule has 3 nitrogen and oxygen atoms in total. The summed E-state index contributed by atoms with van der Waals surface area (Å²) >= 11 is -0.224. The highest BCUT2D eigenvalue weighted by atomic mass is 32.2. The van der Waals surface area contributed by atoms with Crippen molar-refractivity contribution >= 4 is 17.7 Å². The maximum absolute atomic E-state index is 12.2. The summed E-state index contributed by atoms with van der Waals surface area (Å²) in [5.74, 6) is -0.406. The Balaban J connectivity index is 2.80. The van der Waals surface area contributed by atoms with Gasteiger partial charge in [0.25, 0.3) is 5.91 Å². The molecule has 1 aromatic carbocycles. The van der Waals surface area contributed by atoms with E-state index in [9.17, 15) is 23.1 Å². The van der Waals surface area contributed by atoms with E-state index in [-0.39, 0.29) is 28.8 Å². The zero-order chi connectivity index (χ0) is 16.1. The summed E-state index contributed by atoms with van der Waals surface area (Å²) in [7, 11) is 0. The molecule has 1 aromatic rings. The van der Waals surface area contributed by atoms with Gasteiger partial charge in [-0.25, -0.2) is 0 Å². The maximum atomic E-state index is 12.2. The molecule has 1 rings (SSSR count). The van der Waals surface area contributed by atoms with Crippen molar-refractivity contribution < 1.29 is 23.1 Å². The zero-order valence-corrected chi connectivity index (χ0v) is 12.6. The number of halogens is 3. The number of rotatable bonds is 6. The molecule has 0 aliphatic heterocycles. The van der Waals surface area contributed by atoms with Crippen molar-refractivity contribution in [1.82, 2.24) is 5.32 Å². The molecule has 0 heterocycles. The summed E-state index contributed by atoms with van der Waals surface area (Å²) in [4.78, 5) is 12.1. The fourth-order valence-electron chi connectivity index (χ4n) is 1.81. The van der Waals surface area contributed by atoms with Gasteiger partial charge in [-0.05, 0) is 48.9 Å². The molecule has 0 bridgehead atoms. The molecule has 0 aliphatic rings. The molecule has 0 saturated heterocycles. The van der Waals surface area contributed by atoms with Crippen LogP contribution in [0.25, 0.3) is 0 Å². The molecule has 0 aromatic heterocycles. The molecule has 0 fully saturated rings. The Morgan fingerprint density at radius 2 is 1.71 bits per heavy atom. The second-order valence-corrected chi connectivity index (χ2v) is 5.81. The summed E-state index contributed by atoms with van der Waals surface area (Å²) in [5.41, 5.74) is -4.78. The topological polar surface area (TPSA) is 49.3 Å². The molecular formula is C14H18F3NO2S. The van der Waals surface area contributed by atoms with E-state index in [1.165, 1.54) is 24.3 Å². The van der Waals surface area contributed by atoms with Crippen LogP contribution in [-0.4, -0.2) is 28.7 Å². The van der Waals surface area contributed by atoms with Crippen LogP contribution in [0.4, 0.5) is 13.2 Å². The van der Waals surface area contributed by atoms with Gasteiger partial charge in [-0.2, -0.15) is 13.2 Å². The van der Waals surface area contributed by atoms with Crippen LogP contribution >= 0.6 is 11.8 Å². The van der Waals surface area contributed by atoms with Crippen LogP contribution in [0.5, 0.6) is 0 Å². The SMILES string of the molecule is CCC(CC)(CO)NC(=O)c1ccc(SC(F)(F)F)cc1. The summed E-state index contributed by atoms with van der Waals surface area (Å²) in [5, 5.41) is 12.1. The molecule has 0 unspecified atom stereocenters. The highest BCUT2D eigenvalue weighted by molar-refractivity contribution is 8.00. The van der Waals surface area contributed by atoms with Crippen molar-refractivity contribution in [2.75, 3.05) is 6.61 Å². The van der Waals surface area contributed by atoms with E-state index in [0.717, 1.165) is 0 Å². The average molecular weight is 321 g/mol. The number of hydrogen-bond donors (Lipinski definition) is 2. The Kier molecular flexibility index (Phi) is 6.10. The number of carbonyl (C=O) groups is 1. The third-order valence-electron chi connectivity index (χ3n) is 3.38. The van der Waals surface area contributed by atoms with Crippen molar-refractivity contribution in [3.63, 3.8) is 0 Å². The number of benzene rings is 1. The summed E-state index contributed by atoms with van der Waals surface area (Å²) < 4.78 is 36.6. The number of hydrogen-bond acceptors (Lipinski definition) is 3. The van der Waals surface area contributed by atoms with Crippen molar-refractivity contribution in [3.05, 3.63) is 29.8 Å². The lowest BCUT2D eigenvalue weighted by molar-refractivity contribution is -0.0328. The maximum Gasteiger partial charge on any atom is 0.446 e. The van der Waals surface area contributed by atoms with E-state index in [2.05, 4.69) is 5.32 Å². The Hall–Kier alpha value is -1.21. The Labute approximate surface area is 125 Å². The van der Waals surface area contributed by atoms with E-state index in [0.29, 0.717) is 12.8 Å². The lowest BCUT2D eigenvalue weighted by atomic mass is 9.93. The minimum Gasteiger partial charge on any atom is -0.394 e. The van der Waals surface area contributed by atoms with Crippen LogP contribution in [-0.2, 0) is 0 Å². The summed E-state index contributed by atoms with van der Waals surface area (Å²) in [6, 6.07) is 5.20. The van der Waals surface area contributed by atoms with Crippen molar-refractivity contribution in [1.29, 1.82) is 0 Å². The molecule has 1 amide bonds. The molecule has 0 aliphatic carbocycles. The van der Waals surface area contributed by atoms with Crippen molar-refractivity contribution in [2.24, 2.45) is 0 Å². The number of alkyl halides is 3. The fraction of sp³-hybridized carbons (Fsp3) is 0.500. The van der Waals surface area contributed by atoms with Crippen LogP contribution in [0.15, 0.2) is 29.2 Å². The smallest absolute Gasteiger partial charge is 0.394 e. The molecule has 21 heavy (non-hydrogen) atoms. The number of thioether (sulfide) groups is 1. The van der Waals surface area contributed by atoms with E-state index in [4.69, 9.17) is 0 Å². The molecule has 0 radical (unpaired) electrons. The second-order valence-electron chi connectivity index (χ2n) is 4.67. The van der Waals surface area contributed by atoms with Crippen LogP contribution in [0.3, 0.4) is 0 Å². The van der Waals surface area contributed by atoms with E-state index >= 15 is 0 Å². The van der Waals surface area contributed by atoms with Crippen LogP contribution in [0.1, 0.15) is 37.0 Å². The van der Waals surface area contributed by atoms with Crippen LogP contribution in [0, 0.1) is 0 Å². The first kappa shape index (κ1) is 17.8. The standard InChI is InChI=1S/C14H18F3NO2S/c1-3-13(4-2,9-19)18-12(20)10-5-7-11(8-6-10)21-14(15,16)17/h5-8,19H,3-4,9H2,1-2H3,(H,18,20). The van der Waals surface area contributed by atoms with E-state index < -0.39 is 17.0 Å². The minimum atomic E-state index is -4.35. The highest BCUT2D eigenvalue weighted by Crippen LogP contribution is 2.36. The van der Waals surface area contributed by atoms with Gasteiger partial charge in [-0.15, -0.1) is 0 Å². The zero-order valence-electron chi connectivity index (χ0n) is 11.8. The predicted molar refractivity (Wildman–Crippen MR) is 76.2 cm³/mol. The van der Waals surface area contributed by atoms with Gasteiger partial charge in [-0.1, -0.05) is 13.8 Å². The minimum absolute atomic E-state index is 0.0263. The number of amides is 1. The normalized spacial score (nSPS) is 12.3. The van der Waals surface area contributed by atoms with Gasteiger partial charge in [0.15, 0.2) is 0 Å². The highest BCUT2D eigenvalue weighted by Gasteiger charge is 2.30. The quantitative estimate of drug-likeness (QED) is 0.787. The first-order chi connectivity index (χ1) is 9.75. The fourth-order valence-corrected chi connectivity index (χ4v) is 2.35. The monoisotopic (exact) mass is 321 g/mol. The first-order valence-corrected chi connectivity index (χ1v) is 7.36. The largest absolute Gasteiger partial charge is 0.446 e. The predicted octanol–water partition coefficient (Wildman–Crippen LogP) is 3.58. The van der Waals surface area contributed by atoms with Gasteiger partial charge >= 0.3 is 5.51 Å². The lowest BCUT2D eigenvalue weighted by Gasteiger charge is -2.30. The van der Waals surface area contributed by atoms with Gasteiger partial charge in [0.1, 0.15) is 0 Å². The summed E-state index contributed by atoms with van der Waals surface area (Å²) in [6.45, 7) is 3.51. The molecule has 2 N–H and O–H groups in total. The van der Waals surface area contributed by atoms with Gasteiger partial charge in [0, 0.05) is 10.5 Å². The lowest BCUT2D eigenvalue weighted by Crippen LogP contribution is -2.50. The first-order valence-electron chi connectivity index (χ1n) is 6.54. The summed E-state index contributed by atoms with van der Waals surface area (Å²) in [6.07, 6.45) is 1.13. The Morgan fingerprint density at radius 1 is 1.19 bits per heavy atom. The number of aliphatic hydroxyl groups excluding tert-OH is 1. The third kappa shape index (κ3) is 5.24. The van der Waals surface area contributed by atoms with Crippen molar-refractivity contribution in [2.45, 2.75) is 42.6 Å². The van der Waals surface area contributed by atoms with E-state index in [1.807, 2.05) is 13.8 Å². The number of aliphatic hydroxyl groups is 1. The molecule has 0 saturated carbocycles. The van der Waals surface area contributed by atoms with Gasteiger partial charge in [-0.3, -0.25) is 4.79 Å². The number of nitrogens with one attached hydrogen (secondary N) is 1. The molecule has 0 spiro atoms.